The maximum atomic E-state index is 13.4. The van der Waals surface area contributed by atoms with E-state index in [1.165, 1.54) is 12.1 Å². The Hall–Kier alpha value is -2.64. The summed E-state index contributed by atoms with van der Waals surface area (Å²) in [4.78, 5) is 8.83. The molecule has 0 saturated carbocycles. The van der Waals surface area contributed by atoms with Gasteiger partial charge in [-0.1, -0.05) is 19.9 Å². The number of aryl methyl sites for hydroxylation is 1. The third-order valence-corrected chi connectivity index (χ3v) is 4.43. The number of phenols is 1. The molecule has 140 valence electrons. The number of rotatable bonds is 4. The molecule has 0 radical (unpaired) electrons. The molecule has 1 aliphatic heterocycles. The fraction of sp³-hybridized carbons (Fsp3) is 0.500. The molecular formula is C18H25FN6O. The summed E-state index contributed by atoms with van der Waals surface area (Å²) in [7, 11) is 1.70. The minimum Gasteiger partial charge on any atom is -0.505 e. The predicted molar refractivity (Wildman–Crippen MR) is 97.6 cm³/mol. The molecule has 0 amide bonds. The molecule has 8 heteroatoms. The second kappa shape index (κ2) is 7.72. The third kappa shape index (κ3) is 4.12. The number of hydrogen-bond donors (Lipinski definition) is 3. The quantitative estimate of drug-likeness (QED) is 0.573. The monoisotopic (exact) mass is 360 g/mol. The summed E-state index contributed by atoms with van der Waals surface area (Å²) in [5, 5.41) is 20.4. The van der Waals surface area contributed by atoms with E-state index in [1.807, 2.05) is 4.68 Å². The van der Waals surface area contributed by atoms with Crippen molar-refractivity contribution in [2.24, 2.45) is 4.99 Å². The number of phenolic OH excluding ortho intramolecular Hbond substituents is 1. The molecule has 2 heterocycles. The summed E-state index contributed by atoms with van der Waals surface area (Å²) in [6.07, 6.45) is 1.82. The Kier molecular flexibility index (Phi) is 5.39. The van der Waals surface area contributed by atoms with Gasteiger partial charge in [0.25, 0.3) is 0 Å². The Balaban J connectivity index is 1.57. The Bertz CT molecular complexity index is 801. The molecule has 1 aromatic heterocycles. The van der Waals surface area contributed by atoms with E-state index >= 15 is 0 Å². The minimum absolute atomic E-state index is 0.201. The van der Waals surface area contributed by atoms with Crippen molar-refractivity contribution in [3.8, 4) is 5.75 Å². The van der Waals surface area contributed by atoms with Crippen molar-refractivity contribution < 1.29 is 9.50 Å². The van der Waals surface area contributed by atoms with Crippen LogP contribution in [0.5, 0.6) is 5.75 Å². The van der Waals surface area contributed by atoms with E-state index in [0.29, 0.717) is 18.4 Å². The highest BCUT2D eigenvalue weighted by atomic mass is 19.1. The van der Waals surface area contributed by atoms with Crippen molar-refractivity contribution in [3.63, 3.8) is 0 Å². The molecule has 1 aliphatic rings. The van der Waals surface area contributed by atoms with Crippen molar-refractivity contribution in [1.29, 1.82) is 0 Å². The zero-order chi connectivity index (χ0) is 18.7. The van der Waals surface area contributed by atoms with Crippen LogP contribution in [0.15, 0.2) is 23.2 Å². The van der Waals surface area contributed by atoms with Crippen molar-refractivity contribution in [3.05, 3.63) is 41.2 Å². The van der Waals surface area contributed by atoms with Gasteiger partial charge in [-0.05, 0) is 24.1 Å². The fourth-order valence-corrected chi connectivity index (χ4v) is 2.92. The topological polar surface area (TPSA) is 87.4 Å². The zero-order valence-corrected chi connectivity index (χ0v) is 15.3. The van der Waals surface area contributed by atoms with Gasteiger partial charge in [0.15, 0.2) is 23.4 Å². The van der Waals surface area contributed by atoms with Crippen molar-refractivity contribution in [2.75, 3.05) is 7.05 Å². The number of aromatic nitrogens is 3. The summed E-state index contributed by atoms with van der Waals surface area (Å²) in [6, 6.07) is 4.54. The maximum absolute atomic E-state index is 13.4. The summed E-state index contributed by atoms with van der Waals surface area (Å²) in [5.41, 5.74) is 0.729. The van der Waals surface area contributed by atoms with E-state index in [1.54, 1.807) is 13.1 Å². The Morgan fingerprint density at radius 2 is 2.27 bits per heavy atom. The number of nitrogens with zero attached hydrogens (tertiary/aromatic N) is 4. The summed E-state index contributed by atoms with van der Waals surface area (Å²) in [6.45, 7) is 5.34. The fourth-order valence-electron chi connectivity index (χ4n) is 2.92. The van der Waals surface area contributed by atoms with Crippen LogP contribution in [0, 0.1) is 5.82 Å². The van der Waals surface area contributed by atoms with Crippen LogP contribution in [-0.2, 0) is 19.5 Å². The van der Waals surface area contributed by atoms with Crippen molar-refractivity contribution in [1.82, 2.24) is 25.4 Å². The molecule has 1 aromatic carbocycles. The van der Waals surface area contributed by atoms with Crippen LogP contribution < -0.4 is 10.6 Å². The molecule has 26 heavy (non-hydrogen) atoms. The van der Waals surface area contributed by atoms with E-state index < -0.39 is 5.82 Å². The predicted octanol–water partition coefficient (Wildman–Crippen LogP) is 1.93. The van der Waals surface area contributed by atoms with Gasteiger partial charge < -0.3 is 15.7 Å². The standard InChI is InChI=1S/C18H25FN6O/c1-11(2)17-23-16-7-5-13(10-25(16)24-17)22-18(20-3)21-9-12-4-6-15(26)14(19)8-12/h4,6,8,11,13,26H,5,7,9-10H2,1-3H3,(H2,20,21,22). The lowest BCUT2D eigenvalue weighted by Gasteiger charge is -2.25. The molecule has 3 N–H and O–H groups in total. The highest BCUT2D eigenvalue weighted by Gasteiger charge is 2.23. The van der Waals surface area contributed by atoms with Crippen LogP contribution in [0.25, 0.3) is 0 Å². The van der Waals surface area contributed by atoms with Gasteiger partial charge in [0.2, 0.25) is 0 Å². The van der Waals surface area contributed by atoms with Gasteiger partial charge in [-0.15, -0.1) is 0 Å². The number of nitrogens with one attached hydrogen (secondary N) is 2. The average molecular weight is 360 g/mol. The second-order valence-electron chi connectivity index (χ2n) is 6.81. The molecule has 0 aliphatic carbocycles. The third-order valence-electron chi connectivity index (χ3n) is 4.43. The number of halogens is 1. The molecule has 1 atom stereocenters. The highest BCUT2D eigenvalue weighted by Crippen LogP contribution is 2.17. The van der Waals surface area contributed by atoms with Crippen LogP contribution in [0.2, 0.25) is 0 Å². The van der Waals surface area contributed by atoms with Crippen molar-refractivity contribution in [2.45, 2.75) is 51.7 Å². The van der Waals surface area contributed by atoms with Crippen molar-refractivity contribution >= 4 is 5.96 Å². The second-order valence-corrected chi connectivity index (χ2v) is 6.81. The number of hydrogen-bond acceptors (Lipinski definition) is 4. The van der Waals surface area contributed by atoms with Crippen LogP contribution in [-0.4, -0.2) is 38.9 Å². The summed E-state index contributed by atoms with van der Waals surface area (Å²) < 4.78 is 15.4. The van der Waals surface area contributed by atoms with Crippen LogP contribution in [0.4, 0.5) is 4.39 Å². The Labute approximate surface area is 152 Å². The van der Waals surface area contributed by atoms with Crippen LogP contribution >= 0.6 is 0 Å². The minimum atomic E-state index is -0.626. The van der Waals surface area contributed by atoms with Gasteiger partial charge in [0.05, 0.1) is 6.54 Å². The van der Waals surface area contributed by atoms with E-state index in [0.717, 1.165) is 36.6 Å². The van der Waals surface area contributed by atoms with Gasteiger partial charge in [-0.25, -0.2) is 14.1 Å². The smallest absolute Gasteiger partial charge is 0.191 e. The number of guanidine groups is 1. The van der Waals surface area contributed by atoms with Gasteiger partial charge in [0.1, 0.15) is 5.82 Å². The number of fused-ring (bicyclic) bond motifs is 1. The van der Waals surface area contributed by atoms with E-state index in [4.69, 9.17) is 0 Å². The highest BCUT2D eigenvalue weighted by molar-refractivity contribution is 5.79. The number of benzene rings is 1. The molecule has 0 saturated heterocycles. The first-order chi connectivity index (χ1) is 12.5. The molecular weight excluding hydrogens is 335 g/mol. The first-order valence-electron chi connectivity index (χ1n) is 8.84. The largest absolute Gasteiger partial charge is 0.505 e. The molecule has 0 bridgehead atoms. The molecule has 1 unspecified atom stereocenters. The first kappa shape index (κ1) is 18.2. The van der Waals surface area contributed by atoms with E-state index in [9.17, 15) is 9.50 Å². The summed E-state index contributed by atoms with van der Waals surface area (Å²) >= 11 is 0. The lowest BCUT2D eigenvalue weighted by atomic mass is 10.1. The van der Waals surface area contributed by atoms with Crippen LogP contribution in [0.1, 0.15) is 43.4 Å². The van der Waals surface area contributed by atoms with Gasteiger partial charge >= 0.3 is 0 Å². The molecule has 0 spiro atoms. The number of aliphatic imine (C=N–C) groups is 1. The van der Waals surface area contributed by atoms with Gasteiger partial charge in [0, 0.05) is 32.0 Å². The van der Waals surface area contributed by atoms with Gasteiger partial charge in [-0.2, -0.15) is 5.10 Å². The molecule has 2 aromatic rings. The number of aromatic hydroxyl groups is 1. The SMILES string of the molecule is CN=C(NCc1ccc(O)c(F)c1)NC1CCc2nc(C(C)C)nn2C1. The van der Waals surface area contributed by atoms with E-state index in [2.05, 4.69) is 39.6 Å². The van der Waals surface area contributed by atoms with E-state index in [-0.39, 0.29) is 11.8 Å². The molecule has 3 rings (SSSR count). The molecule has 0 fully saturated rings. The van der Waals surface area contributed by atoms with Crippen LogP contribution in [0.3, 0.4) is 0 Å². The first-order valence-corrected chi connectivity index (χ1v) is 8.84. The lowest BCUT2D eigenvalue weighted by Crippen LogP contribution is -2.46. The van der Waals surface area contributed by atoms with Gasteiger partial charge in [-0.3, -0.25) is 4.99 Å². The summed E-state index contributed by atoms with van der Waals surface area (Å²) in [5.74, 6) is 1.92. The zero-order valence-electron chi connectivity index (χ0n) is 15.3. The Morgan fingerprint density at radius 1 is 1.46 bits per heavy atom. The maximum Gasteiger partial charge on any atom is 0.191 e. The Morgan fingerprint density at radius 3 is 2.96 bits per heavy atom. The lowest BCUT2D eigenvalue weighted by molar-refractivity contribution is 0.391. The normalized spacial score (nSPS) is 17.3. The molecule has 7 nitrogen and oxygen atoms in total. The average Bonchev–Trinajstić information content (AvgIpc) is 3.05.